The van der Waals surface area contributed by atoms with Crippen molar-refractivity contribution in [2.75, 3.05) is 6.54 Å². The van der Waals surface area contributed by atoms with Crippen LogP contribution in [0.15, 0.2) is 18.3 Å². The maximum Gasteiger partial charge on any atom is 0.161 e. The van der Waals surface area contributed by atoms with E-state index in [-0.39, 0.29) is 0 Å². The molecule has 102 valence electrons. The Kier molecular flexibility index (Phi) is 3.27. The van der Waals surface area contributed by atoms with Gasteiger partial charge in [-0.2, -0.15) is 0 Å². The summed E-state index contributed by atoms with van der Waals surface area (Å²) in [6.45, 7) is 7.90. The summed E-state index contributed by atoms with van der Waals surface area (Å²) >= 11 is 0. The van der Waals surface area contributed by atoms with Gasteiger partial charge in [0.05, 0.1) is 6.17 Å². The Labute approximate surface area is 114 Å². The first kappa shape index (κ1) is 12.6. The molecule has 1 fully saturated rings. The predicted molar refractivity (Wildman–Crippen MR) is 77.0 cm³/mol. The smallest absolute Gasteiger partial charge is 0.161 e. The molecule has 0 N–H and O–H groups in total. The van der Waals surface area contributed by atoms with E-state index in [4.69, 9.17) is 4.98 Å². The highest BCUT2D eigenvalue weighted by atomic mass is 15.4. The van der Waals surface area contributed by atoms with Crippen molar-refractivity contribution >= 4 is 11.2 Å². The van der Waals surface area contributed by atoms with Crippen LogP contribution in [0.1, 0.15) is 45.6 Å². The third kappa shape index (κ3) is 2.04. The summed E-state index contributed by atoms with van der Waals surface area (Å²) in [6, 6.07) is 4.60. The summed E-state index contributed by atoms with van der Waals surface area (Å²) in [5, 5.41) is 0. The molecular formula is C15H22N4. The molecule has 0 aliphatic carbocycles. The third-order valence-corrected chi connectivity index (χ3v) is 4.06. The lowest BCUT2D eigenvalue weighted by Crippen LogP contribution is -2.34. The van der Waals surface area contributed by atoms with Gasteiger partial charge in [-0.15, -0.1) is 0 Å². The van der Waals surface area contributed by atoms with E-state index in [1.807, 2.05) is 12.3 Å². The van der Waals surface area contributed by atoms with Gasteiger partial charge in [0.25, 0.3) is 0 Å². The van der Waals surface area contributed by atoms with Gasteiger partial charge in [0.1, 0.15) is 11.3 Å². The van der Waals surface area contributed by atoms with Crippen molar-refractivity contribution in [2.45, 2.75) is 52.2 Å². The average molecular weight is 258 g/mol. The monoisotopic (exact) mass is 258 g/mol. The summed E-state index contributed by atoms with van der Waals surface area (Å²) in [5.41, 5.74) is 2.06. The van der Waals surface area contributed by atoms with Crippen LogP contribution >= 0.6 is 0 Å². The van der Waals surface area contributed by atoms with Gasteiger partial charge in [0.2, 0.25) is 0 Å². The number of likely N-dealkylation sites (tertiary alicyclic amines) is 1. The highest BCUT2D eigenvalue weighted by molar-refractivity contribution is 5.71. The van der Waals surface area contributed by atoms with Crippen LogP contribution in [0.3, 0.4) is 0 Å². The van der Waals surface area contributed by atoms with E-state index in [1.54, 1.807) is 0 Å². The Morgan fingerprint density at radius 2 is 2.26 bits per heavy atom. The minimum Gasteiger partial charge on any atom is -0.296 e. The van der Waals surface area contributed by atoms with E-state index < -0.39 is 0 Å². The molecule has 4 heteroatoms. The molecule has 0 amide bonds. The zero-order valence-corrected chi connectivity index (χ0v) is 12.0. The summed E-state index contributed by atoms with van der Waals surface area (Å²) in [7, 11) is 0. The molecule has 2 aromatic heterocycles. The first-order valence-corrected chi connectivity index (χ1v) is 7.30. The second kappa shape index (κ2) is 4.93. The molecule has 2 aromatic rings. The van der Waals surface area contributed by atoms with Gasteiger partial charge in [-0.1, -0.05) is 6.92 Å². The molecule has 3 heterocycles. The highest BCUT2D eigenvalue weighted by Gasteiger charge is 2.30. The van der Waals surface area contributed by atoms with Gasteiger partial charge < -0.3 is 0 Å². The maximum absolute atomic E-state index is 4.74. The Morgan fingerprint density at radius 1 is 1.42 bits per heavy atom. The number of rotatable bonds is 3. The lowest BCUT2D eigenvalue weighted by molar-refractivity contribution is 0.152. The fourth-order valence-electron chi connectivity index (χ4n) is 3.19. The van der Waals surface area contributed by atoms with Gasteiger partial charge in [0.15, 0.2) is 5.65 Å². The first-order valence-electron chi connectivity index (χ1n) is 7.30. The van der Waals surface area contributed by atoms with Crippen molar-refractivity contribution in [3.8, 4) is 0 Å². The van der Waals surface area contributed by atoms with Gasteiger partial charge in [-0.3, -0.25) is 9.47 Å². The quantitative estimate of drug-likeness (QED) is 0.848. The highest BCUT2D eigenvalue weighted by Crippen LogP contribution is 2.32. The lowest BCUT2D eigenvalue weighted by Gasteiger charge is -2.30. The van der Waals surface area contributed by atoms with Crippen molar-refractivity contribution < 1.29 is 0 Å². The Balaban J connectivity index is 2.12. The number of imidazole rings is 1. The molecule has 0 bridgehead atoms. The fraction of sp³-hybridized carbons (Fsp3) is 0.600. The molecule has 1 aliphatic rings. The van der Waals surface area contributed by atoms with Gasteiger partial charge in [-0.05, 0) is 38.8 Å². The average Bonchev–Trinajstić information content (AvgIpc) is 3.01. The van der Waals surface area contributed by atoms with Crippen molar-refractivity contribution in [1.82, 2.24) is 19.4 Å². The van der Waals surface area contributed by atoms with Crippen molar-refractivity contribution in [2.24, 2.45) is 0 Å². The molecular weight excluding hydrogens is 236 g/mol. The van der Waals surface area contributed by atoms with Crippen LogP contribution in [-0.4, -0.2) is 32.0 Å². The van der Waals surface area contributed by atoms with Crippen LogP contribution in [0, 0.1) is 0 Å². The van der Waals surface area contributed by atoms with Crippen LogP contribution in [0.2, 0.25) is 0 Å². The standard InChI is InChI=1S/C15H22N4/c1-4-13-17-12-7-5-9-16-15(12)19(13)14-8-6-10-18(14)11(2)3/h5,7,9,11,14H,4,6,8,10H2,1-3H3. The van der Waals surface area contributed by atoms with Crippen molar-refractivity contribution in [3.63, 3.8) is 0 Å². The molecule has 1 aliphatic heterocycles. The number of aryl methyl sites for hydroxylation is 1. The number of nitrogens with zero attached hydrogens (tertiary/aromatic N) is 4. The number of aromatic nitrogens is 3. The van der Waals surface area contributed by atoms with Gasteiger partial charge in [0, 0.05) is 25.2 Å². The molecule has 1 atom stereocenters. The minimum atomic E-state index is 0.426. The van der Waals surface area contributed by atoms with Crippen molar-refractivity contribution in [3.05, 3.63) is 24.2 Å². The van der Waals surface area contributed by atoms with Crippen LogP contribution in [-0.2, 0) is 6.42 Å². The molecule has 0 saturated carbocycles. The topological polar surface area (TPSA) is 34.0 Å². The van der Waals surface area contributed by atoms with E-state index in [0.717, 1.165) is 23.4 Å². The molecule has 1 unspecified atom stereocenters. The maximum atomic E-state index is 4.74. The van der Waals surface area contributed by atoms with E-state index in [0.29, 0.717) is 12.2 Å². The van der Waals surface area contributed by atoms with Crippen LogP contribution < -0.4 is 0 Å². The number of hydrogen-bond donors (Lipinski definition) is 0. The Bertz CT molecular complexity index is 573. The molecule has 0 spiro atoms. The normalized spacial score (nSPS) is 20.7. The number of hydrogen-bond acceptors (Lipinski definition) is 3. The minimum absolute atomic E-state index is 0.426. The zero-order chi connectivity index (χ0) is 13.4. The summed E-state index contributed by atoms with van der Waals surface area (Å²) in [4.78, 5) is 11.9. The van der Waals surface area contributed by atoms with E-state index >= 15 is 0 Å². The van der Waals surface area contributed by atoms with E-state index in [2.05, 4.69) is 41.3 Å². The van der Waals surface area contributed by atoms with Gasteiger partial charge >= 0.3 is 0 Å². The predicted octanol–water partition coefficient (Wildman–Crippen LogP) is 3.00. The van der Waals surface area contributed by atoms with Crippen molar-refractivity contribution in [1.29, 1.82) is 0 Å². The molecule has 4 nitrogen and oxygen atoms in total. The molecule has 0 radical (unpaired) electrons. The molecule has 19 heavy (non-hydrogen) atoms. The lowest BCUT2D eigenvalue weighted by atomic mass is 10.3. The number of fused-ring (bicyclic) bond motifs is 1. The largest absolute Gasteiger partial charge is 0.296 e. The molecule has 0 aromatic carbocycles. The summed E-state index contributed by atoms with van der Waals surface area (Å²) in [6.07, 6.45) is 5.72. The zero-order valence-electron chi connectivity index (χ0n) is 12.0. The van der Waals surface area contributed by atoms with E-state index in [1.165, 1.54) is 19.4 Å². The second-order valence-corrected chi connectivity index (χ2v) is 5.55. The summed E-state index contributed by atoms with van der Waals surface area (Å²) in [5.74, 6) is 1.16. The first-order chi connectivity index (χ1) is 9.22. The second-order valence-electron chi connectivity index (χ2n) is 5.55. The summed E-state index contributed by atoms with van der Waals surface area (Å²) < 4.78 is 2.36. The fourth-order valence-corrected chi connectivity index (χ4v) is 3.19. The Hall–Kier alpha value is -1.42. The number of pyridine rings is 1. The van der Waals surface area contributed by atoms with Gasteiger partial charge in [-0.25, -0.2) is 9.97 Å². The van der Waals surface area contributed by atoms with Crippen LogP contribution in [0.4, 0.5) is 0 Å². The third-order valence-electron chi connectivity index (χ3n) is 4.06. The Morgan fingerprint density at radius 3 is 3.00 bits per heavy atom. The van der Waals surface area contributed by atoms with Crippen LogP contribution in [0.25, 0.3) is 11.2 Å². The molecule has 3 rings (SSSR count). The van der Waals surface area contributed by atoms with Crippen LogP contribution in [0.5, 0.6) is 0 Å². The van der Waals surface area contributed by atoms with E-state index in [9.17, 15) is 0 Å². The molecule has 1 saturated heterocycles. The SMILES string of the molecule is CCc1nc2cccnc2n1C1CCCN1C(C)C.